The first-order chi connectivity index (χ1) is 11.0. The highest BCUT2D eigenvalue weighted by molar-refractivity contribution is 6.02. The number of aryl methyl sites for hydroxylation is 1. The highest BCUT2D eigenvalue weighted by Gasteiger charge is 2.24. The number of benzene rings is 1. The van der Waals surface area contributed by atoms with Gasteiger partial charge in [0.2, 0.25) is 11.8 Å². The number of carbonyl (C=O) groups is 2. The Hall–Kier alpha value is -2.76. The summed E-state index contributed by atoms with van der Waals surface area (Å²) in [7, 11) is 1.73. The van der Waals surface area contributed by atoms with E-state index in [1.807, 2.05) is 43.3 Å². The molecule has 23 heavy (non-hydrogen) atoms. The molecule has 1 aliphatic heterocycles. The highest BCUT2D eigenvalue weighted by atomic mass is 16.3. The fraction of sp³-hybridized carbons (Fsp3) is 0.294. The molecular weight excluding hydrogens is 294 g/mol. The highest BCUT2D eigenvalue weighted by Crippen LogP contribution is 2.28. The predicted octanol–water partition coefficient (Wildman–Crippen LogP) is 2.01. The van der Waals surface area contributed by atoms with Crippen LogP contribution in [0.2, 0.25) is 0 Å². The second-order valence-electron chi connectivity index (χ2n) is 5.68. The van der Waals surface area contributed by atoms with Crippen LogP contribution in [0, 0.1) is 6.92 Å². The van der Waals surface area contributed by atoms with Crippen LogP contribution in [0.25, 0.3) is 0 Å². The molecule has 0 radical (unpaired) electrons. The van der Waals surface area contributed by atoms with Crippen molar-refractivity contribution in [1.29, 1.82) is 0 Å². The topological polar surface area (TPSA) is 65.8 Å². The second kappa shape index (κ2) is 6.16. The number of nitrogens with one attached hydrogen (secondary N) is 1. The summed E-state index contributed by atoms with van der Waals surface area (Å²) >= 11 is 0. The third kappa shape index (κ3) is 3.36. The van der Waals surface area contributed by atoms with Crippen molar-refractivity contribution in [3.63, 3.8) is 0 Å². The van der Waals surface area contributed by atoms with Gasteiger partial charge in [-0.15, -0.1) is 0 Å². The average Bonchev–Trinajstić information content (AvgIpc) is 2.92. The molecule has 0 saturated carbocycles. The molecule has 0 fully saturated rings. The largest absolute Gasteiger partial charge is 0.464 e. The maximum Gasteiger partial charge on any atom is 0.243 e. The summed E-state index contributed by atoms with van der Waals surface area (Å²) < 4.78 is 5.50. The van der Waals surface area contributed by atoms with Crippen molar-refractivity contribution in [2.24, 2.45) is 0 Å². The summed E-state index contributed by atoms with van der Waals surface area (Å²) in [6, 6.07) is 11.2. The van der Waals surface area contributed by atoms with Gasteiger partial charge in [-0.2, -0.15) is 0 Å². The molecule has 0 saturated heterocycles. The number of anilines is 2. The minimum atomic E-state index is -0.110. The predicted molar refractivity (Wildman–Crippen MR) is 87.2 cm³/mol. The molecule has 1 aromatic carbocycles. The molecule has 2 amide bonds. The molecule has 6 heteroatoms. The van der Waals surface area contributed by atoms with Crippen LogP contribution < -0.4 is 10.2 Å². The van der Waals surface area contributed by atoms with Gasteiger partial charge in [-0.05, 0) is 31.2 Å². The smallest absolute Gasteiger partial charge is 0.243 e. The standard InChI is InChI=1S/C17H19N3O3/c1-12-7-8-13(23-12)9-19(2)17(22)11-20-10-16(21)18-14-5-3-4-6-15(14)20/h3-8H,9-11H2,1-2H3,(H,18,21). The molecule has 1 N–H and O–H groups in total. The number of rotatable bonds is 4. The lowest BCUT2D eigenvalue weighted by Crippen LogP contribution is -2.44. The monoisotopic (exact) mass is 313 g/mol. The molecule has 2 heterocycles. The first-order valence-corrected chi connectivity index (χ1v) is 7.46. The van der Waals surface area contributed by atoms with Gasteiger partial charge in [-0.25, -0.2) is 0 Å². The van der Waals surface area contributed by atoms with E-state index >= 15 is 0 Å². The van der Waals surface area contributed by atoms with Crippen LogP contribution in [-0.2, 0) is 16.1 Å². The van der Waals surface area contributed by atoms with Crippen molar-refractivity contribution in [1.82, 2.24) is 4.90 Å². The minimum Gasteiger partial charge on any atom is -0.464 e. The summed E-state index contributed by atoms with van der Waals surface area (Å²) in [6.45, 7) is 2.61. The normalized spacial score (nSPS) is 13.5. The molecule has 120 valence electrons. The molecule has 0 bridgehead atoms. The quantitative estimate of drug-likeness (QED) is 0.937. The first kappa shape index (κ1) is 15.1. The fourth-order valence-corrected chi connectivity index (χ4v) is 2.62. The minimum absolute atomic E-state index is 0.0662. The number of hydrogen-bond acceptors (Lipinski definition) is 4. The lowest BCUT2D eigenvalue weighted by atomic mass is 10.2. The molecule has 3 rings (SSSR count). The van der Waals surface area contributed by atoms with Gasteiger partial charge in [-0.1, -0.05) is 12.1 Å². The second-order valence-corrected chi connectivity index (χ2v) is 5.68. The van der Waals surface area contributed by atoms with Crippen molar-refractivity contribution in [3.8, 4) is 0 Å². The molecular formula is C17H19N3O3. The van der Waals surface area contributed by atoms with Crippen LogP contribution in [-0.4, -0.2) is 36.9 Å². The van der Waals surface area contributed by atoms with E-state index in [0.717, 1.165) is 22.9 Å². The van der Waals surface area contributed by atoms with Gasteiger partial charge in [0.25, 0.3) is 0 Å². The number of amides is 2. The van der Waals surface area contributed by atoms with Gasteiger partial charge in [-0.3, -0.25) is 9.59 Å². The SMILES string of the molecule is Cc1ccc(CN(C)C(=O)CN2CC(=O)Nc3ccccc32)o1. The Morgan fingerprint density at radius 3 is 2.83 bits per heavy atom. The number of hydrogen-bond donors (Lipinski definition) is 1. The van der Waals surface area contributed by atoms with Crippen molar-refractivity contribution >= 4 is 23.2 Å². The van der Waals surface area contributed by atoms with E-state index in [1.165, 1.54) is 0 Å². The van der Waals surface area contributed by atoms with Crippen LogP contribution in [0.15, 0.2) is 40.8 Å². The summed E-state index contributed by atoms with van der Waals surface area (Å²) in [6.07, 6.45) is 0. The number of para-hydroxylation sites is 2. The summed E-state index contributed by atoms with van der Waals surface area (Å²) in [5.74, 6) is 1.39. The van der Waals surface area contributed by atoms with E-state index in [9.17, 15) is 9.59 Å². The van der Waals surface area contributed by atoms with E-state index in [4.69, 9.17) is 4.42 Å². The zero-order valence-electron chi connectivity index (χ0n) is 13.2. The average molecular weight is 313 g/mol. The molecule has 2 aromatic rings. The van der Waals surface area contributed by atoms with Crippen LogP contribution in [0.5, 0.6) is 0 Å². The zero-order chi connectivity index (χ0) is 16.4. The maximum atomic E-state index is 12.4. The van der Waals surface area contributed by atoms with Gasteiger partial charge in [0.1, 0.15) is 11.5 Å². The fourth-order valence-electron chi connectivity index (χ4n) is 2.62. The summed E-state index contributed by atoms with van der Waals surface area (Å²) in [5, 5.41) is 2.81. The summed E-state index contributed by atoms with van der Waals surface area (Å²) in [5.41, 5.74) is 1.60. The molecule has 0 unspecified atom stereocenters. The Bertz CT molecular complexity index is 738. The number of furan rings is 1. The molecule has 1 aromatic heterocycles. The third-order valence-corrected chi connectivity index (χ3v) is 3.79. The van der Waals surface area contributed by atoms with Gasteiger partial charge in [0.15, 0.2) is 0 Å². The number of carbonyl (C=O) groups excluding carboxylic acids is 2. The van der Waals surface area contributed by atoms with E-state index in [2.05, 4.69) is 5.32 Å². The number of likely N-dealkylation sites (N-methyl/N-ethyl adjacent to an activating group) is 1. The van der Waals surface area contributed by atoms with Crippen molar-refractivity contribution in [2.75, 3.05) is 30.4 Å². The lowest BCUT2D eigenvalue weighted by molar-refractivity contribution is -0.129. The van der Waals surface area contributed by atoms with Crippen molar-refractivity contribution < 1.29 is 14.0 Å². The Morgan fingerprint density at radius 1 is 1.30 bits per heavy atom. The van der Waals surface area contributed by atoms with Gasteiger partial charge in [0.05, 0.1) is 31.0 Å². The van der Waals surface area contributed by atoms with Crippen LogP contribution in [0.4, 0.5) is 11.4 Å². The van der Waals surface area contributed by atoms with Gasteiger partial charge >= 0.3 is 0 Å². The third-order valence-electron chi connectivity index (χ3n) is 3.79. The molecule has 0 aliphatic carbocycles. The molecule has 6 nitrogen and oxygen atoms in total. The Balaban J connectivity index is 1.69. The maximum absolute atomic E-state index is 12.4. The van der Waals surface area contributed by atoms with E-state index < -0.39 is 0 Å². The lowest BCUT2D eigenvalue weighted by Gasteiger charge is -2.31. The van der Waals surface area contributed by atoms with E-state index in [1.54, 1.807) is 16.8 Å². The first-order valence-electron chi connectivity index (χ1n) is 7.46. The van der Waals surface area contributed by atoms with Gasteiger partial charge < -0.3 is 19.5 Å². The van der Waals surface area contributed by atoms with Crippen LogP contribution >= 0.6 is 0 Å². The van der Waals surface area contributed by atoms with Crippen molar-refractivity contribution in [2.45, 2.75) is 13.5 Å². The Morgan fingerprint density at radius 2 is 2.09 bits per heavy atom. The number of nitrogens with zero attached hydrogens (tertiary/aromatic N) is 2. The van der Waals surface area contributed by atoms with Gasteiger partial charge in [0, 0.05) is 7.05 Å². The Labute approximate surface area is 134 Å². The van der Waals surface area contributed by atoms with E-state index in [-0.39, 0.29) is 24.9 Å². The number of fused-ring (bicyclic) bond motifs is 1. The molecule has 0 spiro atoms. The van der Waals surface area contributed by atoms with Crippen LogP contribution in [0.1, 0.15) is 11.5 Å². The molecule has 1 aliphatic rings. The van der Waals surface area contributed by atoms with E-state index in [0.29, 0.717) is 6.54 Å². The van der Waals surface area contributed by atoms with Crippen molar-refractivity contribution in [3.05, 3.63) is 47.9 Å². The summed E-state index contributed by atoms with van der Waals surface area (Å²) in [4.78, 5) is 27.6. The van der Waals surface area contributed by atoms with Crippen LogP contribution in [0.3, 0.4) is 0 Å². The zero-order valence-corrected chi connectivity index (χ0v) is 13.2. The molecule has 0 atom stereocenters. The Kier molecular flexibility index (Phi) is 4.06.